The van der Waals surface area contributed by atoms with Crippen LogP contribution in [0, 0.1) is 6.92 Å². The molecule has 0 bridgehead atoms. The fourth-order valence-electron chi connectivity index (χ4n) is 1.29. The van der Waals surface area contributed by atoms with Gasteiger partial charge in [0.1, 0.15) is 5.56 Å². The van der Waals surface area contributed by atoms with Crippen molar-refractivity contribution < 1.29 is 4.79 Å². The second-order valence-corrected chi connectivity index (χ2v) is 3.49. The molecule has 1 amide bonds. The summed E-state index contributed by atoms with van der Waals surface area (Å²) in [7, 11) is 0. The van der Waals surface area contributed by atoms with Crippen LogP contribution in [0.25, 0.3) is 0 Å². The summed E-state index contributed by atoms with van der Waals surface area (Å²) in [4.78, 5) is 25.6. The summed E-state index contributed by atoms with van der Waals surface area (Å²) in [5.41, 5.74) is 0.553. The second kappa shape index (κ2) is 6.07. The molecule has 0 fully saturated rings. The van der Waals surface area contributed by atoms with Gasteiger partial charge in [-0.3, -0.25) is 9.59 Å². The van der Waals surface area contributed by atoms with Crippen molar-refractivity contribution in [1.29, 1.82) is 0 Å². The lowest BCUT2D eigenvalue weighted by atomic mass is 10.2. The van der Waals surface area contributed by atoms with Crippen LogP contribution in [0.5, 0.6) is 0 Å². The van der Waals surface area contributed by atoms with E-state index >= 15 is 0 Å². The molecule has 0 aliphatic carbocycles. The highest BCUT2D eigenvalue weighted by atomic mass is 16.2. The molecule has 1 aromatic rings. The van der Waals surface area contributed by atoms with Gasteiger partial charge in [-0.25, -0.2) is 0 Å². The van der Waals surface area contributed by atoms with Crippen molar-refractivity contribution in [2.75, 3.05) is 19.6 Å². The topological polar surface area (TPSA) is 74.0 Å². The van der Waals surface area contributed by atoms with Crippen LogP contribution in [-0.2, 0) is 0 Å². The molecular weight excluding hydrogens is 206 g/mol. The van der Waals surface area contributed by atoms with Gasteiger partial charge in [0.25, 0.3) is 11.5 Å². The Bertz CT molecular complexity index is 412. The number of carbonyl (C=O) groups is 1. The van der Waals surface area contributed by atoms with E-state index in [1.54, 1.807) is 13.0 Å². The first-order chi connectivity index (χ1) is 7.65. The van der Waals surface area contributed by atoms with Gasteiger partial charge in [-0.05, 0) is 25.6 Å². The number of amides is 1. The maximum atomic E-state index is 11.6. The van der Waals surface area contributed by atoms with E-state index in [1.807, 2.05) is 6.92 Å². The van der Waals surface area contributed by atoms with E-state index in [2.05, 4.69) is 15.6 Å². The van der Waals surface area contributed by atoms with Gasteiger partial charge in [-0.1, -0.05) is 6.92 Å². The first-order valence-electron chi connectivity index (χ1n) is 5.34. The smallest absolute Gasteiger partial charge is 0.260 e. The van der Waals surface area contributed by atoms with Gasteiger partial charge in [0.05, 0.1) is 0 Å². The molecule has 5 heteroatoms. The first kappa shape index (κ1) is 12.4. The lowest BCUT2D eigenvalue weighted by Gasteiger charge is -2.05. The van der Waals surface area contributed by atoms with Crippen LogP contribution in [-0.4, -0.2) is 30.5 Å². The van der Waals surface area contributed by atoms with Gasteiger partial charge < -0.3 is 15.6 Å². The molecule has 3 N–H and O–H groups in total. The van der Waals surface area contributed by atoms with Crippen molar-refractivity contribution in [3.8, 4) is 0 Å². The van der Waals surface area contributed by atoms with Crippen molar-refractivity contribution in [1.82, 2.24) is 15.6 Å². The highest BCUT2D eigenvalue weighted by Gasteiger charge is 2.08. The van der Waals surface area contributed by atoms with E-state index < -0.39 is 0 Å². The Kier molecular flexibility index (Phi) is 4.72. The largest absolute Gasteiger partial charge is 0.351 e. The third-order valence-electron chi connectivity index (χ3n) is 2.14. The van der Waals surface area contributed by atoms with Gasteiger partial charge in [-0.2, -0.15) is 0 Å². The van der Waals surface area contributed by atoms with Gasteiger partial charge in [0.2, 0.25) is 0 Å². The minimum atomic E-state index is -0.346. The molecule has 0 radical (unpaired) electrons. The molecule has 0 spiro atoms. The van der Waals surface area contributed by atoms with Crippen LogP contribution in [0.1, 0.15) is 23.0 Å². The molecule has 0 aliphatic rings. The molecule has 0 atom stereocenters. The van der Waals surface area contributed by atoms with Crippen molar-refractivity contribution >= 4 is 5.91 Å². The SMILES string of the molecule is CCNCCNC(=O)c1ccc(C)[nH]c1=O. The van der Waals surface area contributed by atoms with Gasteiger partial charge in [0.15, 0.2) is 0 Å². The zero-order valence-corrected chi connectivity index (χ0v) is 9.59. The summed E-state index contributed by atoms with van der Waals surface area (Å²) in [5, 5.41) is 5.75. The number of aromatic amines is 1. The number of aromatic nitrogens is 1. The summed E-state index contributed by atoms with van der Waals surface area (Å²) in [6, 6.07) is 3.25. The van der Waals surface area contributed by atoms with Crippen molar-refractivity contribution in [2.45, 2.75) is 13.8 Å². The molecule has 16 heavy (non-hydrogen) atoms. The van der Waals surface area contributed by atoms with Gasteiger partial charge in [-0.15, -0.1) is 0 Å². The number of hydrogen-bond acceptors (Lipinski definition) is 3. The number of aryl methyl sites for hydroxylation is 1. The zero-order chi connectivity index (χ0) is 12.0. The van der Waals surface area contributed by atoms with E-state index in [4.69, 9.17) is 0 Å². The maximum Gasteiger partial charge on any atom is 0.260 e. The molecule has 0 unspecified atom stereocenters. The number of pyridine rings is 1. The molecule has 1 rings (SSSR count). The zero-order valence-electron chi connectivity index (χ0n) is 9.59. The Morgan fingerprint density at radius 3 is 2.75 bits per heavy atom. The molecule has 0 saturated heterocycles. The van der Waals surface area contributed by atoms with E-state index in [1.165, 1.54) is 6.07 Å². The molecule has 0 saturated carbocycles. The number of rotatable bonds is 5. The minimum Gasteiger partial charge on any atom is -0.351 e. The molecule has 1 heterocycles. The van der Waals surface area contributed by atoms with Crippen LogP contribution in [0.2, 0.25) is 0 Å². The Hall–Kier alpha value is -1.62. The summed E-state index contributed by atoms with van der Waals surface area (Å²) in [6.45, 7) is 5.84. The maximum absolute atomic E-state index is 11.6. The summed E-state index contributed by atoms with van der Waals surface area (Å²) in [5.74, 6) is -0.334. The number of carbonyl (C=O) groups excluding carboxylic acids is 1. The minimum absolute atomic E-state index is 0.155. The summed E-state index contributed by atoms with van der Waals surface area (Å²) in [6.07, 6.45) is 0. The van der Waals surface area contributed by atoms with E-state index in [0.29, 0.717) is 13.1 Å². The summed E-state index contributed by atoms with van der Waals surface area (Å²) < 4.78 is 0. The normalized spacial score (nSPS) is 10.1. The van der Waals surface area contributed by atoms with Gasteiger partial charge >= 0.3 is 0 Å². The van der Waals surface area contributed by atoms with Gasteiger partial charge in [0, 0.05) is 18.8 Å². The molecule has 5 nitrogen and oxygen atoms in total. The van der Waals surface area contributed by atoms with Crippen molar-refractivity contribution in [2.24, 2.45) is 0 Å². The highest BCUT2D eigenvalue weighted by molar-refractivity contribution is 5.93. The van der Waals surface area contributed by atoms with E-state index in [9.17, 15) is 9.59 Å². The standard InChI is InChI=1S/C11H17N3O2/c1-3-12-6-7-13-10(15)9-5-4-8(2)14-11(9)16/h4-5,12H,3,6-7H2,1-2H3,(H,13,15)(H,14,16). The monoisotopic (exact) mass is 223 g/mol. The van der Waals surface area contributed by atoms with Crippen LogP contribution >= 0.6 is 0 Å². The quantitative estimate of drug-likeness (QED) is 0.616. The number of H-pyrrole nitrogens is 1. The van der Waals surface area contributed by atoms with Crippen LogP contribution < -0.4 is 16.2 Å². The predicted octanol–water partition coefficient (Wildman–Crippen LogP) is 0.0226. The van der Waals surface area contributed by atoms with Crippen LogP contribution in [0.4, 0.5) is 0 Å². The lowest BCUT2D eigenvalue weighted by molar-refractivity contribution is 0.0952. The number of nitrogens with one attached hydrogen (secondary N) is 3. The number of likely N-dealkylation sites (N-methyl/N-ethyl adjacent to an activating group) is 1. The Labute approximate surface area is 94.3 Å². The van der Waals surface area contributed by atoms with Crippen molar-refractivity contribution in [3.63, 3.8) is 0 Å². The lowest BCUT2D eigenvalue weighted by Crippen LogP contribution is -2.34. The molecular formula is C11H17N3O2. The first-order valence-corrected chi connectivity index (χ1v) is 5.34. The van der Waals surface area contributed by atoms with Crippen LogP contribution in [0.15, 0.2) is 16.9 Å². The fraction of sp³-hybridized carbons (Fsp3) is 0.455. The molecule has 0 aliphatic heterocycles. The predicted molar refractivity (Wildman–Crippen MR) is 62.7 cm³/mol. The number of hydrogen-bond donors (Lipinski definition) is 3. The van der Waals surface area contributed by atoms with Crippen LogP contribution in [0.3, 0.4) is 0 Å². The fourth-order valence-corrected chi connectivity index (χ4v) is 1.29. The average molecular weight is 223 g/mol. The molecule has 88 valence electrons. The van der Waals surface area contributed by atoms with E-state index in [-0.39, 0.29) is 17.0 Å². The molecule has 0 aromatic carbocycles. The Morgan fingerprint density at radius 2 is 2.12 bits per heavy atom. The second-order valence-electron chi connectivity index (χ2n) is 3.49. The Balaban J connectivity index is 2.56. The third kappa shape index (κ3) is 3.51. The average Bonchev–Trinajstić information content (AvgIpc) is 2.24. The van der Waals surface area contributed by atoms with E-state index in [0.717, 1.165) is 12.2 Å². The molecule has 1 aromatic heterocycles. The van der Waals surface area contributed by atoms with Crippen molar-refractivity contribution in [3.05, 3.63) is 33.7 Å². The Morgan fingerprint density at radius 1 is 1.38 bits per heavy atom. The highest BCUT2D eigenvalue weighted by Crippen LogP contribution is 1.92. The summed E-state index contributed by atoms with van der Waals surface area (Å²) >= 11 is 0. The third-order valence-corrected chi connectivity index (χ3v) is 2.14.